The summed E-state index contributed by atoms with van der Waals surface area (Å²) in [6.45, 7) is 0. The summed E-state index contributed by atoms with van der Waals surface area (Å²) in [5.41, 5.74) is 4.90. The molecule has 2 aromatic rings. The lowest BCUT2D eigenvalue weighted by Gasteiger charge is -2.20. The number of anilines is 4. The lowest BCUT2D eigenvalue weighted by atomic mass is 10.2. The van der Waals surface area contributed by atoms with Crippen LogP contribution in [0.2, 0.25) is 0 Å². The molecule has 5 heteroatoms. The van der Waals surface area contributed by atoms with Gasteiger partial charge in [-0.3, -0.25) is 0 Å². The van der Waals surface area contributed by atoms with Gasteiger partial charge in [0, 0.05) is 51.7 Å². The van der Waals surface area contributed by atoms with E-state index in [-0.39, 0.29) is 17.0 Å². The summed E-state index contributed by atoms with van der Waals surface area (Å²) in [6, 6.07) is 13.2. The van der Waals surface area contributed by atoms with Gasteiger partial charge in [-0.15, -0.1) is 0 Å². The molecule has 1 aliphatic rings. The molecule has 0 fully saturated rings. The van der Waals surface area contributed by atoms with Crippen LogP contribution in [0.3, 0.4) is 0 Å². The Bertz CT molecular complexity index is 600. The van der Waals surface area contributed by atoms with Gasteiger partial charge in [0.2, 0.25) is 0 Å². The highest BCUT2D eigenvalue weighted by molar-refractivity contribution is 7.79. The molecule has 1 N–H and O–H groups in total. The molecule has 0 saturated heterocycles. The summed E-state index contributed by atoms with van der Waals surface area (Å²) in [7, 11) is 8.31. The van der Waals surface area contributed by atoms with Crippen molar-refractivity contribution in [1.82, 2.24) is 0 Å². The molecule has 2 aromatic carbocycles. The number of benzene rings is 2. The van der Waals surface area contributed by atoms with Crippen LogP contribution in [-0.4, -0.2) is 28.2 Å². The summed E-state index contributed by atoms with van der Waals surface area (Å²) >= 11 is 1.27. The fourth-order valence-corrected chi connectivity index (χ4v) is 3.42. The molecular weight excluding hydrogens is 346 g/mol. The minimum absolute atomic E-state index is 0. The van der Waals surface area contributed by atoms with Gasteiger partial charge in [-0.25, -0.2) is 0 Å². The summed E-state index contributed by atoms with van der Waals surface area (Å²) in [4.78, 5) is 6.95. The standard InChI is InChI=1S/C16H19N3S.BrH/c1-18(2)11-5-7-13-15(9-11)20-16-10-12(19(3)4)6-8-14(16)17-13;/h5-10,17H,1-4H3;1H. The monoisotopic (exact) mass is 365 g/mol. The van der Waals surface area contributed by atoms with Gasteiger partial charge in [-0.1, -0.05) is 0 Å². The molecule has 0 amide bonds. The van der Waals surface area contributed by atoms with Crippen LogP contribution in [0.4, 0.5) is 22.7 Å². The van der Waals surface area contributed by atoms with Gasteiger partial charge >= 0.3 is 0 Å². The third kappa shape index (κ3) is 3.14. The smallest absolute Gasteiger partial charge is 0.183 e. The molecule has 0 saturated carbocycles. The minimum Gasteiger partial charge on any atom is -1.00 e. The van der Waals surface area contributed by atoms with E-state index in [1.807, 2.05) is 0 Å². The van der Waals surface area contributed by atoms with Crippen LogP contribution in [0.5, 0.6) is 0 Å². The van der Waals surface area contributed by atoms with E-state index in [9.17, 15) is 0 Å². The lowest BCUT2D eigenvalue weighted by Crippen LogP contribution is -3.00. The first kappa shape index (κ1) is 16.0. The molecule has 0 bridgehead atoms. The van der Waals surface area contributed by atoms with Crippen molar-refractivity contribution in [2.45, 2.75) is 9.79 Å². The summed E-state index contributed by atoms with van der Waals surface area (Å²) in [5, 5.41) is 3.53. The number of hydrogen-bond donors (Lipinski definition) is 1. The highest BCUT2D eigenvalue weighted by Gasteiger charge is 2.24. The highest BCUT2D eigenvalue weighted by Crippen LogP contribution is 2.37. The normalized spacial score (nSPS) is 11.6. The van der Waals surface area contributed by atoms with Crippen molar-refractivity contribution in [2.75, 3.05) is 43.3 Å². The molecule has 0 aliphatic carbocycles. The van der Waals surface area contributed by atoms with E-state index in [1.54, 1.807) is 0 Å². The second kappa shape index (κ2) is 6.20. The zero-order chi connectivity index (χ0) is 14.3. The maximum absolute atomic E-state index is 3.53. The SMILES string of the molecule is CN(C)c1ccc2c(c1)[SH+]c1cc(N(C)C)ccc1N2.[Br-]. The van der Waals surface area contributed by atoms with Gasteiger partial charge < -0.3 is 32.1 Å². The van der Waals surface area contributed by atoms with Gasteiger partial charge in [0.25, 0.3) is 0 Å². The minimum atomic E-state index is 0. The average molecular weight is 366 g/mol. The Morgan fingerprint density at radius 3 is 1.57 bits per heavy atom. The van der Waals surface area contributed by atoms with Crippen molar-refractivity contribution >= 4 is 34.5 Å². The van der Waals surface area contributed by atoms with E-state index in [2.05, 4.69) is 79.7 Å². The van der Waals surface area contributed by atoms with Crippen LogP contribution < -0.4 is 32.1 Å². The molecule has 1 heterocycles. The quantitative estimate of drug-likeness (QED) is 0.513. The van der Waals surface area contributed by atoms with Gasteiger partial charge in [0.05, 0.1) is 23.1 Å². The van der Waals surface area contributed by atoms with E-state index in [0.717, 1.165) is 0 Å². The zero-order valence-electron chi connectivity index (χ0n) is 12.7. The van der Waals surface area contributed by atoms with Crippen LogP contribution in [0.1, 0.15) is 0 Å². The van der Waals surface area contributed by atoms with E-state index >= 15 is 0 Å². The molecule has 3 rings (SSSR count). The van der Waals surface area contributed by atoms with E-state index in [4.69, 9.17) is 0 Å². The molecule has 1 aliphatic heterocycles. The highest BCUT2D eigenvalue weighted by atomic mass is 79.9. The Kier molecular flexibility index (Phi) is 4.74. The predicted octanol–water partition coefficient (Wildman–Crippen LogP) is 0.112. The van der Waals surface area contributed by atoms with Crippen molar-refractivity contribution in [3.05, 3.63) is 36.4 Å². The predicted molar refractivity (Wildman–Crippen MR) is 90.1 cm³/mol. The average Bonchev–Trinajstić information content (AvgIpc) is 2.43. The third-order valence-electron chi connectivity index (χ3n) is 3.51. The van der Waals surface area contributed by atoms with E-state index < -0.39 is 0 Å². The Balaban J connectivity index is 0.00000161. The van der Waals surface area contributed by atoms with E-state index in [0.29, 0.717) is 0 Å². The maximum Gasteiger partial charge on any atom is 0.183 e. The summed E-state index contributed by atoms with van der Waals surface area (Å²) < 4.78 is 0. The van der Waals surface area contributed by atoms with Gasteiger partial charge in [0.15, 0.2) is 9.79 Å². The Hall–Kier alpha value is -1.33. The summed E-state index contributed by atoms with van der Waals surface area (Å²) in [5.74, 6) is 0. The number of hydrogen-bond acceptors (Lipinski definition) is 3. The Labute approximate surface area is 141 Å². The molecule has 112 valence electrons. The first-order chi connectivity index (χ1) is 9.54. The molecule has 0 spiro atoms. The second-order valence-corrected chi connectivity index (χ2v) is 6.62. The van der Waals surface area contributed by atoms with E-state index in [1.165, 1.54) is 44.3 Å². The third-order valence-corrected chi connectivity index (χ3v) is 4.73. The van der Waals surface area contributed by atoms with Crippen LogP contribution >= 0.6 is 0 Å². The lowest BCUT2D eigenvalue weighted by molar-refractivity contribution is -0.00000407. The molecule has 0 radical (unpaired) electrons. The van der Waals surface area contributed by atoms with Crippen molar-refractivity contribution in [3.63, 3.8) is 0 Å². The van der Waals surface area contributed by atoms with Crippen LogP contribution in [0, 0.1) is 0 Å². The Morgan fingerprint density at radius 1 is 0.762 bits per heavy atom. The number of nitrogens with zero attached hydrogens (tertiary/aromatic N) is 2. The van der Waals surface area contributed by atoms with Crippen molar-refractivity contribution in [2.24, 2.45) is 0 Å². The van der Waals surface area contributed by atoms with Crippen molar-refractivity contribution in [3.8, 4) is 0 Å². The molecule has 21 heavy (non-hydrogen) atoms. The number of thiol groups is 1. The second-order valence-electron chi connectivity index (χ2n) is 5.43. The number of fused-ring (bicyclic) bond motifs is 2. The maximum atomic E-state index is 3.53. The first-order valence-electron chi connectivity index (χ1n) is 6.66. The molecule has 0 unspecified atom stereocenters. The fraction of sp³-hybridized carbons (Fsp3) is 0.250. The van der Waals surface area contributed by atoms with Crippen LogP contribution in [0.25, 0.3) is 0 Å². The van der Waals surface area contributed by atoms with Crippen molar-refractivity contribution < 1.29 is 17.0 Å². The van der Waals surface area contributed by atoms with Crippen LogP contribution in [-0.2, 0) is 11.8 Å². The molecular formula is C16H20BrN3S. The Morgan fingerprint density at radius 2 is 1.19 bits per heavy atom. The zero-order valence-corrected chi connectivity index (χ0v) is 15.2. The largest absolute Gasteiger partial charge is 1.00 e. The molecule has 3 nitrogen and oxygen atoms in total. The number of halogens is 1. The topological polar surface area (TPSA) is 18.5 Å². The molecule has 0 aromatic heterocycles. The number of nitrogens with one attached hydrogen (secondary N) is 1. The van der Waals surface area contributed by atoms with Gasteiger partial charge in [0.1, 0.15) is 0 Å². The van der Waals surface area contributed by atoms with Crippen molar-refractivity contribution in [1.29, 1.82) is 0 Å². The van der Waals surface area contributed by atoms with Gasteiger partial charge in [-0.2, -0.15) is 0 Å². The van der Waals surface area contributed by atoms with Gasteiger partial charge in [-0.05, 0) is 24.3 Å². The summed E-state index contributed by atoms with van der Waals surface area (Å²) in [6.07, 6.45) is 0. The van der Waals surface area contributed by atoms with Crippen LogP contribution in [0.15, 0.2) is 46.2 Å². The molecule has 0 atom stereocenters. The number of rotatable bonds is 2. The first-order valence-corrected chi connectivity index (χ1v) is 7.55. The fourth-order valence-electron chi connectivity index (χ4n) is 2.27.